The Morgan fingerprint density at radius 3 is 2.09 bits per heavy atom. The Labute approximate surface area is 139 Å². The van der Waals surface area contributed by atoms with Crippen molar-refractivity contribution in [3.63, 3.8) is 0 Å². The van der Waals surface area contributed by atoms with E-state index in [-0.39, 0.29) is 23.9 Å². The summed E-state index contributed by atoms with van der Waals surface area (Å²) in [6.07, 6.45) is 1.99. The molecule has 0 saturated carbocycles. The molecule has 0 bridgehead atoms. The summed E-state index contributed by atoms with van der Waals surface area (Å²) in [5.74, 6) is 0.0627. The van der Waals surface area contributed by atoms with E-state index in [9.17, 15) is 13.2 Å². The highest BCUT2D eigenvalue weighted by molar-refractivity contribution is 7.89. The van der Waals surface area contributed by atoms with E-state index in [0.717, 1.165) is 22.7 Å². The normalized spacial score (nSPS) is 12.3. The van der Waals surface area contributed by atoms with E-state index in [0.29, 0.717) is 5.92 Å². The maximum Gasteiger partial charge on any atom is 0.243 e. The number of primary amides is 1. The first-order valence-corrected chi connectivity index (χ1v) is 9.44. The van der Waals surface area contributed by atoms with E-state index in [4.69, 9.17) is 5.73 Å². The van der Waals surface area contributed by atoms with E-state index in [2.05, 4.69) is 13.8 Å². The van der Waals surface area contributed by atoms with Crippen LogP contribution in [-0.4, -0.2) is 31.7 Å². The predicted molar refractivity (Wildman–Crippen MR) is 92.4 cm³/mol. The Morgan fingerprint density at radius 1 is 1.09 bits per heavy atom. The molecule has 0 saturated heterocycles. The molecule has 1 amide bonds. The standard InChI is InChI=1S/C17H28N2O3S/c1-13(2)5-6-15-7-9-16(10-8-15)23(21,22)19(11-14(3)4)12-17(18)20/h7-10,13-14H,5-6,11-12H2,1-4H3,(H2,18,20). The summed E-state index contributed by atoms with van der Waals surface area (Å²) in [5.41, 5.74) is 6.30. The lowest BCUT2D eigenvalue weighted by Crippen LogP contribution is -2.40. The van der Waals surface area contributed by atoms with Crippen molar-refractivity contribution in [2.75, 3.05) is 13.1 Å². The Balaban J connectivity index is 2.97. The van der Waals surface area contributed by atoms with Gasteiger partial charge in [0, 0.05) is 6.54 Å². The molecule has 0 fully saturated rings. The van der Waals surface area contributed by atoms with Gasteiger partial charge in [0.05, 0.1) is 11.4 Å². The molecule has 0 aliphatic rings. The number of hydrogen-bond acceptors (Lipinski definition) is 3. The highest BCUT2D eigenvalue weighted by Crippen LogP contribution is 2.19. The fraction of sp³-hybridized carbons (Fsp3) is 0.588. The lowest BCUT2D eigenvalue weighted by molar-refractivity contribution is -0.118. The second-order valence-corrected chi connectivity index (χ2v) is 8.67. The Morgan fingerprint density at radius 2 is 1.65 bits per heavy atom. The number of amides is 1. The third-order valence-corrected chi connectivity index (χ3v) is 5.30. The summed E-state index contributed by atoms with van der Waals surface area (Å²) in [6.45, 7) is 8.09. The number of carbonyl (C=O) groups excluding carboxylic acids is 1. The number of nitrogens with zero attached hydrogens (tertiary/aromatic N) is 1. The van der Waals surface area contributed by atoms with Crippen LogP contribution in [0.15, 0.2) is 29.2 Å². The van der Waals surface area contributed by atoms with Crippen molar-refractivity contribution in [3.05, 3.63) is 29.8 Å². The third kappa shape index (κ3) is 6.31. The number of benzene rings is 1. The molecule has 0 atom stereocenters. The van der Waals surface area contributed by atoms with Crippen molar-refractivity contribution in [3.8, 4) is 0 Å². The van der Waals surface area contributed by atoms with Crippen LogP contribution in [0, 0.1) is 11.8 Å². The largest absolute Gasteiger partial charge is 0.369 e. The second-order valence-electron chi connectivity index (χ2n) is 6.73. The number of nitrogens with two attached hydrogens (primary N) is 1. The maximum absolute atomic E-state index is 12.7. The lowest BCUT2D eigenvalue weighted by atomic mass is 10.0. The van der Waals surface area contributed by atoms with Gasteiger partial charge in [-0.25, -0.2) is 8.42 Å². The molecule has 0 spiro atoms. The Kier molecular flexibility index (Phi) is 7.22. The summed E-state index contributed by atoms with van der Waals surface area (Å²) in [6, 6.07) is 6.90. The number of sulfonamides is 1. The van der Waals surface area contributed by atoms with E-state index in [1.54, 1.807) is 12.1 Å². The van der Waals surface area contributed by atoms with E-state index >= 15 is 0 Å². The van der Waals surface area contributed by atoms with Gasteiger partial charge in [-0.05, 0) is 42.4 Å². The molecule has 0 aliphatic heterocycles. The first-order chi connectivity index (χ1) is 10.6. The van der Waals surface area contributed by atoms with Gasteiger partial charge in [-0.15, -0.1) is 0 Å². The average Bonchev–Trinajstić information content (AvgIpc) is 2.44. The van der Waals surface area contributed by atoms with Gasteiger partial charge in [-0.1, -0.05) is 39.8 Å². The molecule has 0 aromatic heterocycles. The summed E-state index contributed by atoms with van der Waals surface area (Å²) < 4.78 is 26.6. The molecule has 1 aromatic rings. The van der Waals surface area contributed by atoms with Crippen LogP contribution >= 0.6 is 0 Å². The van der Waals surface area contributed by atoms with Crippen molar-refractivity contribution in [2.24, 2.45) is 17.6 Å². The number of rotatable bonds is 9. The zero-order valence-electron chi connectivity index (χ0n) is 14.5. The molecule has 23 heavy (non-hydrogen) atoms. The Bertz CT molecular complexity index is 607. The molecule has 0 heterocycles. The second kappa shape index (κ2) is 8.45. The van der Waals surface area contributed by atoms with Gasteiger partial charge in [0.2, 0.25) is 15.9 Å². The Hall–Kier alpha value is -1.40. The van der Waals surface area contributed by atoms with Crippen LogP contribution in [0.2, 0.25) is 0 Å². The molecule has 1 rings (SSSR count). The highest BCUT2D eigenvalue weighted by atomic mass is 32.2. The van der Waals surface area contributed by atoms with Crippen molar-refractivity contribution >= 4 is 15.9 Å². The minimum Gasteiger partial charge on any atom is -0.369 e. The van der Waals surface area contributed by atoms with Crippen molar-refractivity contribution in [1.29, 1.82) is 0 Å². The first-order valence-electron chi connectivity index (χ1n) is 8.00. The van der Waals surface area contributed by atoms with Gasteiger partial charge in [0.1, 0.15) is 0 Å². The van der Waals surface area contributed by atoms with Gasteiger partial charge in [0.25, 0.3) is 0 Å². The quantitative estimate of drug-likeness (QED) is 0.749. The fourth-order valence-corrected chi connectivity index (χ4v) is 3.83. The van der Waals surface area contributed by atoms with Gasteiger partial charge in [0.15, 0.2) is 0 Å². The number of hydrogen-bond donors (Lipinski definition) is 1. The topological polar surface area (TPSA) is 80.5 Å². The number of carbonyl (C=O) groups is 1. The van der Waals surface area contributed by atoms with E-state index in [1.165, 1.54) is 0 Å². The van der Waals surface area contributed by atoms with Crippen LogP contribution in [0.25, 0.3) is 0 Å². The molecular weight excluding hydrogens is 312 g/mol. The summed E-state index contributed by atoms with van der Waals surface area (Å²) >= 11 is 0. The maximum atomic E-state index is 12.7. The van der Waals surface area contributed by atoms with Crippen LogP contribution in [-0.2, 0) is 21.2 Å². The van der Waals surface area contributed by atoms with Crippen LogP contribution in [0.4, 0.5) is 0 Å². The van der Waals surface area contributed by atoms with Crippen molar-refractivity contribution in [2.45, 2.75) is 45.4 Å². The zero-order valence-corrected chi connectivity index (χ0v) is 15.3. The predicted octanol–water partition coefficient (Wildman–Crippen LogP) is 2.41. The molecule has 2 N–H and O–H groups in total. The summed E-state index contributed by atoms with van der Waals surface area (Å²) in [5, 5.41) is 0. The minimum absolute atomic E-state index is 0.106. The van der Waals surface area contributed by atoms with Gasteiger partial charge < -0.3 is 5.73 Å². The number of aryl methyl sites for hydroxylation is 1. The molecule has 5 nitrogen and oxygen atoms in total. The monoisotopic (exact) mass is 340 g/mol. The highest BCUT2D eigenvalue weighted by Gasteiger charge is 2.26. The van der Waals surface area contributed by atoms with Gasteiger partial charge >= 0.3 is 0 Å². The minimum atomic E-state index is -3.71. The van der Waals surface area contributed by atoms with E-state index < -0.39 is 15.9 Å². The van der Waals surface area contributed by atoms with Crippen LogP contribution in [0.3, 0.4) is 0 Å². The first kappa shape index (κ1) is 19.6. The smallest absolute Gasteiger partial charge is 0.243 e. The molecule has 1 aromatic carbocycles. The summed E-state index contributed by atoms with van der Waals surface area (Å²) in [4.78, 5) is 11.4. The average molecular weight is 340 g/mol. The molecule has 0 aliphatic carbocycles. The van der Waals surface area contributed by atoms with Gasteiger partial charge in [-0.2, -0.15) is 4.31 Å². The molecule has 0 radical (unpaired) electrons. The lowest BCUT2D eigenvalue weighted by Gasteiger charge is -2.22. The van der Waals surface area contributed by atoms with E-state index in [1.807, 2.05) is 26.0 Å². The van der Waals surface area contributed by atoms with Gasteiger partial charge in [-0.3, -0.25) is 4.79 Å². The van der Waals surface area contributed by atoms with Crippen molar-refractivity contribution in [1.82, 2.24) is 4.31 Å². The summed E-state index contributed by atoms with van der Waals surface area (Å²) in [7, 11) is -3.71. The molecular formula is C17H28N2O3S. The van der Waals surface area contributed by atoms with Crippen LogP contribution < -0.4 is 5.73 Å². The fourth-order valence-electron chi connectivity index (χ4n) is 2.26. The van der Waals surface area contributed by atoms with Crippen LogP contribution in [0.1, 0.15) is 39.7 Å². The third-order valence-electron chi connectivity index (χ3n) is 3.47. The van der Waals surface area contributed by atoms with Crippen molar-refractivity contribution < 1.29 is 13.2 Å². The van der Waals surface area contributed by atoms with Crippen LogP contribution in [0.5, 0.6) is 0 Å². The molecule has 130 valence electrons. The zero-order chi connectivity index (χ0) is 17.6. The molecule has 0 unspecified atom stereocenters. The SMILES string of the molecule is CC(C)CCc1ccc(S(=O)(=O)N(CC(N)=O)CC(C)C)cc1. The molecule has 6 heteroatoms.